The van der Waals surface area contributed by atoms with Crippen LogP contribution in [0.15, 0.2) is 79.9 Å². The monoisotopic (exact) mass is 622 g/mol. The Morgan fingerprint density at radius 1 is 1.14 bits per heavy atom. The zero-order chi connectivity index (χ0) is 30.6. The SMILES string of the molecule is C=CCCCCOC(=O)[C@@H]1[C@@H]2CCC3(S2)C(C(=O)N(CC=C)c2ccc(Cl)cc2)N([C@@H](CO)Cc2ccccc2)C(=O)[C@H]13. The van der Waals surface area contributed by atoms with Crippen molar-refractivity contribution in [2.75, 3.05) is 24.7 Å². The second kappa shape index (κ2) is 13.7. The number of esters is 1. The third-order valence-corrected chi connectivity index (χ3v) is 11.1. The largest absolute Gasteiger partial charge is 0.465 e. The van der Waals surface area contributed by atoms with Crippen LogP contribution in [0.5, 0.6) is 0 Å². The summed E-state index contributed by atoms with van der Waals surface area (Å²) < 4.78 is 4.93. The highest BCUT2D eigenvalue weighted by molar-refractivity contribution is 8.02. The lowest BCUT2D eigenvalue weighted by Crippen LogP contribution is -2.58. The Morgan fingerprint density at radius 2 is 1.88 bits per heavy atom. The second-order valence-electron chi connectivity index (χ2n) is 11.5. The smallest absolute Gasteiger partial charge is 0.310 e. The molecule has 1 spiro atoms. The molecule has 3 aliphatic heterocycles. The average molecular weight is 623 g/mol. The van der Waals surface area contributed by atoms with E-state index in [0.717, 1.165) is 24.8 Å². The third kappa shape index (κ3) is 6.02. The predicted octanol–water partition coefficient (Wildman–Crippen LogP) is 5.45. The number of aliphatic hydroxyl groups is 1. The Morgan fingerprint density at radius 3 is 2.56 bits per heavy atom. The molecule has 228 valence electrons. The molecule has 0 radical (unpaired) electrons. The molecule has 9 heteroatoms. The molecule has 3 fully saturated rings. The van der Waals surface area contributed by atoms with Crippen molar-refractivity contribution in [2.24, 2.45) is 11.8 Å². The number of hydrogen-bond acceptors (Lipinski definition) is 6. The van der Waals surface area contributed by atoms with Gasteiger partial charge in [0.05, 0.1) is 35.8 Å². The van der Waals surface area contributed by atoms with Crippen LogP contribution < -0.4 is 4.90 Å². The molecule has 2 aromatic rings. The number of thioether (sulfide) groups is 1. The highest BCUT2D eigenvalue weighted by atomic mass is 35.5. The number of benzene rings is 2. The van der Waals surface area contributed by atoms with Crippen molar-refractivity contribution in [3.63, 3.8) is 0 Å². The Hall–Kier alpha value is -3.07. The Balaban J connectivity index is 1.52. The van der Waals surface area contributed by atoms with Crippen LogP contribution in [0.3, 0.4) is 0 Å². The fraction of sp³-hybridized carbons (Fsp3) is 0.441. The highest BCUT2D eigenvalue weighted by Crippen LogP contribution is 2.67. The van der Waals surface area contributed by atoms with Gasteiger partial charge in [0, 0.05) is 22.5 Å². The first-order chi connectivity index (χ1) is 20.9. The van der Waals surface area contributed by atoms with E-state index in [2.05, 4.69) is 13.2 Å². The maximum atomic E-state index is 14.8. The van der Waals surface area contributed by atoms with Crippen LogP contribution in [-0.4, -0.2) is 69.6 Å². The van der Waals surface area contributed by atoms with Crippen molar-refractivity contribution in [3.05, 3.63) is 90.5 Å². The van der Waals surface area contributed by atoms with Gasteiger partial charge in [-0.15, -0.1) is 24.9 Å². The number of fused-ring (bicyclic) bond motifs is 1. The van der Waals surface area contributed by atoms with E-state index in [1.807, 2.05) is 36.4 Å². The lowest BCUT2D eigenvalue weighted by molar-refractivity contribution is -0.154. The van der Waals surface area contributed by atoms with Gasteiger partial charge in [-0.2, -0.15) is 0 Å². The van der Waals surface area contributed by atoms with Crippen LogP contribution in [0, 0.1) is 11.8 Å². The fourth-order valence-electron chi connectivity index (χ4n) is 7.05. The molecule has 3 heterocycles. The average Bonchev–Trinajstić information content (AvgIpc) is 3.66. The van der Waals surface area contributed by atoms with E-state index in [1.165, 1.54) is 0 Å². The molecule has 2 unspecified atom stereocenters. The Kier molecular flexibility index (Phi) is 9.99. The summed E-state index contributed by atoms with van der Waals surface area (Å²) in [7, 11) is 0. The maximum Gasteiger partial charge on any atom is 0.310 e. The number of nitrogens with zero attached hydrogens (tertiary/aromatic N) is 2. The van der Waals surface area contributed by atoms with Gasteiger partial charge >= 0.3 is 5.97 Å². The number of carbonyl (C=O) groups is 3. The molecule has 6 atom stereocenters. The van der Waals surface area contributed by atoms with Gasteiger partial charge in [-0.1, -0.05) is 54.1 Å². The fourth-order valence-corrected chi connectivity index (χ4v) is 9.36. The molecule has 1 N–H and O–H groups in total. The number of rotatable bonds is 14. The summed E-state index contributed by atoms with van der Waals surface area (Å²) >= 11 is 7.75. The highest BCUT2D eigenvalue weighted by Gasteiger charge is 2.74. The molecule has 43 heavy (non-hydrogen) atoms. The van der Waals surface area contributed by atoms with Gasteiger partial charge in [-0.05, 0) is 68.4 Å². The van der Waals surface area contributed by atoms with Crippen LogP contribution in [0.4, 0.5) is 5.69 Å². The van der Waals surface area contributed by atoms with Crippen LogP contribution >= 0.6 is 23.4 Å². The van der Waals surface area contributed by atoms with E-state index in [1.54, 1.807) is 51.9 Å². The van der Waals surface area contributed by atoms with Gasteiger partial charge in [0.1, 0.15) is 6.04 Å². The molecular weight excluding hydrogens is 584 g/mol. The molecule has 2 bridgehead atoms. The lowest BCUT2D eigenvalue weighted by atomic mass is 9.71. The van der Waals surface area contributed by atoms with E-state index in [9.17, 15) is 19.5 Å². The number of unbranched alkanes of at least 4 members (excludes halogenated alkanes) is 2. The lowest BCUT2D eigenvalue weighted by Gasteiger charge is -2.39. The van der Waals surface area contributed by atoms with Crippen LogP contribution in [0.1, 0.15) is 37.7 Å². The molecule has 0 saturated carbocycles. The van der Waals surface area contributed by atoms with Gasteiger partial charge in [-0.25, -0.2) is 0 Å². The van der Waals surface area contributed by atoms with Gasteiger partial charge in [0.25, 0.3) is 5.91 Å². The van der Waals surface area contributed by atoms with Crippen molar-refractivity contribution in [1.82, 2.24) is 4.90 Å². The molecule has 0 aliphatic carbocycles. The summed E-state index contributed by atoms with van der Waals surface area (Å²) in [5.41, 5.74) is 1.58. The Labute approximate surface area is 262 Å². The van der Waals surface area contributed by atoms with Crippen LogP contribution in [0.2, 0.25) is 5.02 Å². The molecule has 2 aromatic carbocycles. The number of likely N-dealkylation sites (tertiary alicyclic amines) is 1. The quantitative estimate of drug-likeness (QED) is 0.171. The van der Waals surface area contributed by atoms with Gasteiger partial charge in [-0.3, -0.25) is 14.4 Å². The summed E-state index contributed by atoms with van der Waals surface area (Å²) in [6, 6.07) is 15.1. The van der Waals surface area contributed by atoms with Gasteiger partial charge in [0.15, 0.2) is 0 Å². The number of halogens is 1. The minimum absolute atomic E-state index is 0.0999. The van der Waals surface area contributed by atoms with Crippen molar-refractivity contribution in [3.8, 4) is 0 Å². The first-order valence-corrected chi connectivity index (χ1v) is 16.2. The van der Waals surface area contributed by atoms with E-state index in [-0.39, 0.29) is 42.8 Å². The first-order valence-electron chi connectivity index (χ1n) is 15.0. The van der Waals surface area contributed by atoms with Crippen LogP contribution in [0.25, 0.3) is 0 Å². The summed E-state index contributed by atoms with van der Waals surface area (Å²) in [4.78, 5) is 46.1. The van der Waals surface area contributed by atoms with Gasteiger partial charge in [0.2, 0.25) is 5.91 Å². The zero-order valence-electron chi connectivity index (χ0n) is 24.3. The van der Waals surface area contributed by atoms with Crippen LogP contribution in [-0.2, 0) is 25.5 Å². The minimum Gasteiger partial charge on any atom is -0.465 e. The maximum absolute atomic E-state index is 14.8. The van der Waals surface area contributed by atoms with Crippen molar-refractivity contribution < 1.29 is 24.2 Å². The number of aliphatic hydroxyl groups excluding tert-OH is 1. The predicted molar refractivity (Wildman–Crippen MR) is 171 cm³/mol. The Bertz CT molecular complexity index is 1340. The van der Waals surface area contributed by atoms with Crippen molar-refractivity contribution in [2.45, 2.75) is 60.6 Å². The van der Waals surface area contributed by atoms with Gasteiger partial charge < -0.3 is 19.6 Å². The molecule has 7 nitrogen and oxygen atoms in total. The van der Waals surface area contributed by atoms with E-state index in [0.29, 0.717) is 30.0 Å². The molecular formula is C34H39ClN2O5S. The second-order valence-corrected chi connectivity index (χ2v) is 13.5. The summed E-state index contributed by atoms with van der Waals surface area (Å²) in [5.74, 6) is -2.22. The molecule has 5 rings (SSSR count). The van der Waals surface area contributed by atoms with E-state index in [4.69, 9.17) is 16.3 Å². The molecule has 2 amide bonds. The molecule has 3 saturated heterocycles. The number of anilines is 1. The summed E-state index contributed by atoms with van der Waals surface area (Å²) in [6.07, 6.45) is 7.66. The van der Waals surface area contributed by atoms with Crippen molar-refractivity contribution >= 4 is 46.8 Å². The summed E-state index contributed by atoms with van der Waals surface area (Å²) in [6.45, 7) is 7.81. The summed E-state index contributed by atoms with van der Waals surface area (Å²) in [5, 5.41) is 11.1. The van der Waals surface area contributed by atoms with E-state index >= 15 is 0 Å². The minimum atomic E-state index is -0.873. The number of ether oxygens (including phenoxy) is 1. The number of hydrogen-bond donors (Lipinski definition) is 1. The first kappa shape index (κ1) is 31.4. The standard InChI is InChI=1S/C34H39ClN2O5S/c1-3-5-6-10-20-42-33(41)28-27-17-18-34(43-27)29(28)31(39)37(26(22-38)21-23-11-8-7-9-12-23)30(34)32(40)36(19-4-2)25-15-13-24(35)14-16-25/h3-4,7-9,11-16,26-30,38H,1-2,5-6,10,17-22H2/t26-,27+,28-,29+,30?,34?/m1/s1. The topological polar surface area (TPSA) is 87.2 Å². The number of amides is 2. The normalized spacial score (nSPS) is 26.2. The van der Waals surface area contributed by atoms with Crippen molar-refractivity contribution in [1.29, 1.82) is 0 Å². The molecule has 0 aromatic heterocycles. The molecule has 3 aliphatic rings. The number of allylic oxidation sites excluding steroid dienone is 1. The van der Waals surface area contributed by atoms with E-state index < -0.39 is 28.7 Å². The third-order valence-electron chi connectivity index (χ3n) is 8.93. The number of carbonyl (C=O) groups excluding carboxylic acids is 3. The zero-order valence-corrected chi connectivity index (χ0v) is 25.8.